The zero-order chi connectivity index (χ0) is 13.8. The van der Waals surface area contributed by atoms with Crippen molar-refractivity contribution < 1.29 is 13.2 Å². The van der Waals surface area contributed by atoms with Crippen LogP contribution in [-0.2, 0) is 20.6 Å². The van der Waals surface area contributed by atoms with Gasteiger partial charge in [0.15, 0.2) is 0 Å². The zero-order valence-electron chi connectivity index (χ0n) is 10.8. The van der Waals surface area contributed by atoms with Gasteiger partial charge in [-0.25, -0.2) is 8.42 Å². The molecular weight excluding hydrogens is 294 g/mol. The van der Waals surface area contributed by atoms with E-state index in [1.165, 1.54) is 15.6 Å². The maximum atomic E-state index is 12.5. The molecule has 0 aliphatic rings. The van der Waals surface area contributed by atoms with Crippen molar-refractivity contribution in [2.45, 2.75) is 24.6 Å². The van der Waals surface area contributed by atoms with Gasteiger partial charge in [0.25, 0.3) is 0 Å². The van der Waals surface area contributed by atoms with Crippen LogP contribution in [0.5, 0.6) is 0 Å². The Morgan fingerprint density at radius 1 is 1.50 bits per heavy atom. The quantitative estimate of drug-likeness (QED) is 0.727. The molecule has 0 spiro atoms. The van der Waals surface area contributed by atoms with Crippen LogP contribution < -0.4 is 0 Å². The Kier molecular flexibility index (Phi) is 6.07. The van der Waals surface area contributed by atoms with E-state index < -0.39 is 10.0 Å². The second-order valence-electron chi connectivity index (χ2n) is 3.76. The Labute approximate surface area is 118 Å². The first kappa shape index (κ1) is 15.9. The minimum absolute atomic E-state index is 0.339. The standard InChI is InChI=1S/C11H18ClNO3S2/c1-4-13(5-6-16-3)18(14,15)11-7-10(8-12)17-9(11)2/h7H,4-6,8H2,1-3H3. The van der Waals surface area contributed by atoms with Crippen LogP contribution in [0.25, 0.3) is 0 Å². The summed E-state index contributed by atoms with van der Waals surface area (Å²) >= 11 is 7.17. The number of alkyl halides is 1. The largest absolute Gasteiger partial charge is 0.383 e. The predicted molar refractivity (Wildman–Crippen MR) is 74.9 cm³/mol. The second kappa shape index (κ2) is 6.86. The van der Waals surface area contributed by atoms with Crippen LogP contribution in [0, 0.1) is 6.92 Å². The highest BCUT2D eigenvalue weighted by Crippen LogP contribution is 2.29. The smallest absolute Gasteiger partial charge is 0.244 e. The summed E-state index contributed by atoms with van der Waals surface area (Å²) in [6.45, 7) is 4.80. The first-order chi connectivity index (χ1) is 8.47. The molecule has 1 aromatic rings. The minimum atomic E-state index is -3.44. The van der Waals surface area contributed by atoms with Crippen LogP contribution in [-0.4, -0.2) is 39.5 Å². The maximum absolute atomic E-state index is 12.5. The fourth-order valence-corrected chi connectivity index (χ4v) is 4.75. The summed E-state index contributed by atoms with van der Waals surface area (Å²) in [5, 5.41) is 0. The summed E-state index contributed by atoms with van der Waals surface area (Å²) in [6, 6.07) is 1.66. The van der Waals surface area contributed by atoms with Gasteiger partial charge in [-0.05, 0) is 13.0 Å². The molecule has 0 radical (unpaired) electrons. The molecule has 1 aromatic heterocycles. The molecule has 1 heterocycles. The highest BCUT2D eigenvalue weighted by atomic mass is 35.5. The number of nitrogens with zero attached hydrogens (tertiary/aromatic N) is 1. The van der Waals surface area contributed by atoms with Crippen LogP contribution >= 0.6 is 22.9 Å². The summed E-state index contributed by atoms with van der Waals surface area (Å²) in [5.74, 6) is 0.339. The van der Waals surface area contributed by atoms with Crippen LogP contribution in [0.4, 0.5) is 0 Å². The first-order valence-corrected chi connectivity index (χ1v) is 8.40. The van der Waals surface area contributed by atoms with E-state index in [0.717, 1.165) is 9.75 Å². The van der Waals surface area contributed by atoms with Crippen molar-refractivity contribution >= 4 is 33.0 Å². The van der Waals surface area contributed by atoms with E-state index in [9.17, 15) is 8.42 Å². The van der Waals surface area contributed by atoms with Crippen LogP contribution in [0.2, 0.25) is 0 Å². The monoisotopic (exact) mass is 311 g/mol. The molecule has 0 N–H and O–H groups in total. The van der Waals surface area contributed by atoms with Gasteiger partial charge >= 0.3 is 0 Å². The molecule has 0 aliphatic carbocycles. The highest BCUT2D eigenvalue weighted by molar-refractivity contribution is 7.89. The van der Waals surface area contributed by atoms with Crippen molar-refractivity contribution in [2.24, 2.45) is 0 Å². The Bertz CT molecular complexity index is 484. The van der Waals surface area contributed by atoms with E-state index in [2.05, 4.69) is 0 Å². The molecule has 0 unspecified atom stereocenters. The van der Waals surface area contributed by atoms with Gasteiger partial charge in [-0.2, -0.15) is 4.31 Å². The SMILES string of the molecule is CCN(CCOC)S(=O)(=O)c1cc(CCl)sc1C. The molecule has 0 bridgehead atoms. The van der Waals surface area contributed by atoms with E-state index in [1.54, 1.807) is 20.1 Å². The van der Waals surface area contributed by atoms with E-state index in [1.807, 2.05) is 6.92 Å². The number of ether oxygens (including phenoxy) is 1. The maximum Gasteiger partial charge on any atom is 0.244 e. The lowest BCUT2D eigenvalue weighted by molar-refractivity contribution is 0.180. The fraction of sp³-hybridized carbons (Fsp3) is 0.636. The Balaban J connectivity index is 3.06. The number of hydrogen-bond donors (Lipinski definition) is 0. The molecule has 1 rings (SSSR count). The average molecular weight is 312 g/mol. The van der Waals surface area contributed by atoms with Gasteiger partial charge < -0.3 is 4.74 Å². The van der Waals surface area contributed by atoms with E-state index in [0.29, 0.717) is 30.5 Å². The topological polar surface area (TPSA) is 46.6 Å². The third-order valence-electron chi connectivity index (χ3n) is 2.57. The molecule has 0 fully saturated rings. The zero-order valence-corrected chi connectivity index (χ0v) is 13.2. The molecule has 7 heteroatoms. The number of halogens is 1. The molecule has 0 aliphatic heterocycles. The number of hydrogen-bond acceptors (Lipinski definition) is 4. The fourth-order valence-electron chi connectivity index (χ4n) is 1.63. The lowest BCUT2D eigenvalue weighted by atomic mass is 10.4. The summed E-state index contributed by atoms with van der Waals surface area (Å²) in [7, 11) is -1.88. The van der Waals surface area contributed by atoms with Crippen molar-refractivity contribution in [1.29, 1.82) is 0 Å². The average Bonchev–Trinajstić information content (AvgIpc) is 2.72. The molecule has 0 aromatic carbocycles. The van der Waals surface area contributed by atoms with Crippen LogP contribution in [0.1, 0.15) is 16.7 Å². The van der Waals surface area contributed by atoms with Crippen molar-refractivity contribution in [1.82, 2.24) is 4.31 Å². The van der Waals surface area contributed by atoms with Crippen molar-refractivity contribution in [3.63, 3.8) is 0 Å². The Hall–Kier alpha value is -0.140. The molecule has 4 nitrogen and oxygen atoms in total. The number of methoxy groups -OCH3 is 1. The summed E-state index contributed by atoms with van der Waals surface area (Å²) in [4.78, 5) is 2.01. The third kappa shape index (κ3) is 3.45. The molecule has 0 atom stereocenters. The van der Waals surface area contributed by atoms with Gasteiger partial charge in [-0.1, -0.05) is 6.92 Å². The predicted octanol–water partition coefficient (Wildman–Crippen LogP) is 2.45. The molecule has 104 valence electrons. The normalized spacial score (nSPS) is 12.3. The second-order valence-corrected chi connectivity index (χ2v) is 7.27. The van der Waals surface area contributed by atoms with Crippen molar-refractivity contribution in [3.8, 4) is 0 Å². The summed E-state index contributed by atoms with van der Waals surface area (Å²) in [6.07, 6.45) is 0. The van der Waals surface area contributed by atoms with Gasteiger partial charge in [0.1, 0.15) is 0 Å². The van der Waals surface area contributed by atoms with Gasteiger partial charge in [-0.15, -0.1) is 22.9 Å². The summed E-state index contributed by atoms with van der Waals surface area (Å²) < 4.78 is 31.3. The third-order valence-corrected chi connectivity index (χ3v) is 6.30. The molecule has 18 heavy (non-hydrogen) atoms. The molecule has 0 saturated heterocycles. The van der Waals surface area contributed by atoms with Gasteiger partial charge in [-0.3, -0.25) is 0 Å². The van der Waals surface area contributed by atoms with Gasteiger partial charge in [0.2, 0.25) is 10.0 Å². The van der Waals surface area contributed by atoms with E-state index in [4.69, 9.17) is 16.3 Å². The molecule has 0 amide bonds. The van der Waals surface area contributed by atoms with Gasteiger partial charge in [0.05, 0.1) is 17.4 Å². The lowest BCUT2D eigenvalue weighted by Gasteiger charge is -2.19. The number of thiophene rings is 1. The minimum Gasteiger partial charge on any atom is -0.383 e. The van der Waals surface area contributed by atoms with Crippen molar-refractivity contribution in [2.75, 3.05) is 26.8 Å². The van der Waals surface area contributed by atoms with Crippen LogP contribution in [0.15, 0.2) is 11.0 Å². The van der Waals surface area contributed by atoms with Gasteiger partial charge in [0, 0.05) is 30.0 Å². The first-order valence-electron chi connectivity index (χ1n) is 5.61. The number of aryl methyl sites for hydroxylation is 1. The number of likely N-dealkylation sites (N-methyl/N-ethyl adjacent to an activating group) is 1. The lowest BCUT2D eigenvalue weighted by Crippen LogP contribution is -2.33. The molecule has 0 saturated carbocycles. The number of sulfonamides is 1. The summed E-state index contributed by atoms with van der Waals surface area (Å²) in [5.41, 5.74) is 0. The Morgan fingerprint density at radius 3 is 2.61 bits per heavy atom. The highest BCUT2D eigenvalue weighted by Gasteiger charge is 2.26. The Morgan fingerprint density at radius 2 is 2.17 bits per heavy atom. The van der Waals surface area contributed by atoms with Crippen LogP contribution in [0.3, 0.4) is 0 Å². The van der Waals surface area contributed by atoms with E-state index in [-0.39, 0.29) is 0 Å². The molecular formula is C11H18ClNO3S2. The van der Waals surface area contributed by atoms with Crippen molar-refractivity contribution in [3.05, 3.63) is 15.8 Å². The number of rotatable bonds is 7. The van der Waals surface area contributed by atoms with E-state index >= 15 is 0 Å².